The van der Waals surface area contributed by atoms with E-state index in [-0.39, 0.29) is 24.9 Å². The van der Waals surface area contributed by atoms with Gasteiger partial charge in [-0.3, -0.25) is 4.79 Å². The van der Waals surface area contributed by atoms with Crippen LogP contribution in [0.5, 0.6) is 0 Å². The number of aromatic amines is 1. The monoisotopic (exact) mass is 267 g/mol. The van der Waals surface area contributed by atoms with E-state index in [9.17, 15) is 4.79 Å². The Labute approximate surface area is 112 Å². The Morgan fingerprint density at radius 3 is 2.78 bits per heavy atom. The standard InChI is InChI=1S/C13H17N3O.ClH/c1-8-9(2)16-12-4-3-10(5-11(8)12)7-15-13(17)6-14;/h3-5,16H,6-7,14H2,1-2H3,(H,15,17);1H. The summed E-state index contributed by atoms with van der Waals surface area (Å²) in [5.74, 6) is -0.132. The van der Waals surface area contributed by atoms with Gasteiger partial charge in [-0.2, -0.15) is 0 Å². The summed E-state index contributed by atoms with van der Waals surface area (Å²) in [5.41, 5.74) is 9.89. The lowest BCUT2D eigenvalue weighted by Crippen LogP contribution is -2.29. The molecule has 0 aliphatic carbocycles. The third-order valence-electron chi connectivity index (χ3n) is 3.05. The number of nitrogens with one attached hydrogen (secondary N) is 2. The van der Waals surface area contributed by atoms with Crippen molar-refractivity contribution in [2.24, 2.45) is 5.73 Å². The predicted octanol–water partition coefficient (Wildman–Crippen LogP) is 1.78. The quantitative estimate of drug-likeness (QED) is 0.793. The summed E-state index contributed by atoms with van der Waals surface area (Å²) in [6.07, 6.45) is 0. The number of carbonyl (C=O) groups excluding carboxylic acids is 1. The number of carbonyl (C=O) groups is 1. The highest BCUT2D eigenvalue weighted by Crippen LogP contribution is 2.22. The zero-order chi connectivity index (χ0) is 12.4. The number of aromatic nitrogens is 1. The lowest BCUT2D eigenvalue weighted by atomic mass is 10.1. The van der Waals surface area contributed by atoms with Crippen molar-refractivity contribution < 1.29 is 4.79 Å². The van der Waals surface area contributed by atoms with Gasteiger partial charge in [0.1, 0.15) is 0 Å². The first kappa shape index (κ1) is 14.5. The number of hydrogen-bond donors (Lipinski definition) is 3. The van der Waals surface area contributed by atoms with E-state index in [1.54, 1.807) is 0 Å². The smallest absolute Gasteiger partial charge is 0.234 e. The number of fused-ring (bicyclic) bond motifs is 1. The van der Waals surface area contributed by atoms with Gasteiger partial charge in [0, 0.05) is 23.1 Å². The van der Waals surface area contributed by atoms with Crippen LogP contribution in [-0.4, -0.2) is 17.4 Å². The molecule has 0 bridgehead atoms. The summed E-state index contributed by atoms with van der Waals surface area (Å²) in [5, 5.41) is 3.98. The Hall–Kier alpha value is -1.52. The minimum Gasteiger partial charge on any atom is -0.358 e. The van der Waals surface area contributed by atoms with E-state index < -0.39 is 0 Å². The van der Waals surface area contributed by atoms with Crippen LogP contribution >= 0.6 is 12.4 Å². The molecule has 0 radical (unpaired) electrons. The average molecular weight is 268 g/mol. The molecule has 2 aromatic rings. The van der Waals surface area contributed by atoms with Gasteiger partial charge in [-0.15, -0.1) is 12.4 Å². The fourth-order valence-electron chi connectivity index (χ4n) is 1.89. The lowest BCUT2D eigenvalue weighted by molar-refractivity contribution is -0.119. The molecule has 1 aromatic carbocycles. The summed E-state index contributed by atoms with van der Waals surface area (Å²) in [6.45, 7) is 4.71. The van der Waals surface area contributed by atoms with Crippen molar-refractivity contribution >= 4 is 29.2 Å². The van der Waals surface area contributed by atoms with Crippen molar-refractivity contribution in [3.8, 4) is 0 Å². The van der Waals surface area contributed by atoms with Crippen molar-refractivity contribution in [1.29, 1.82) is 0 Å². The molecule has 0 spiro atoms. The van der Waals surface area contributed by atoms with Gasteiger partial charge >= 0.3 is 0 Å². The van der Waals surface area contributed by atoms with Gasteiger partial charge in [0.2, 0.25) is 5.91 Å². The lowest BCUT2D eigenvalue weighted by Gasteiger charge is -2.04. The topological polar surface area (TPSA) is 70.9 Å². The second kappa shape index (κ2) is 5.89. The second-order valence-electron chi connectivity index (χ2n) is 4.24. The zero-order valence-electron chi connectivity index (χ0n) is 10.5. The van der Waals surface area contributed by atoms with E-state index in [1.807, 2.05) is 12.1 Å². The maximum Gasteiger partial charge on any atom is 0.234 e. The molecule has 1 amide bonds. The molecule has 5 heteroatoms. The van der Waals surface area contributed by atoms with Crippen molar-refractivity contribution in [1.82, 2.24) is 10.3 Å². The number of amides is 1. The van der Waals surface area contributed by atoms with Gasteiger partial charge < -0.3 is 16.0 Å². The summed E-state index contributed by atoms with van der Waals surface area (Å²) in [6, 6.07) is 6.15. The Bertz CT molecular complexity index is 563. The predicted molar refractivity (Wildman–Crippen MR) is 75.9 cm³/mol. The summed E-state index contributed by atoms with van der Waals surface area (Å²) in [4.78, 5) is 14.4. The van der Waals surface area contributed by atoms with Crippen LogP contribution in [-0.2, 0) is 11.3 Å². The molecule has 4 nitrogen and oxygen atoms in total. The molecule has 4 N–H and O–H groups in total. The van der Waals surface area contributed by atoms with Crippen molar-refractivity contribution in [3.05, 3.63) is 35.0 Å². The van der Waals surface area contributed by atoms with Crippen molar-refractivity contribution in [3.63, 3.8) is 0 Å². The van der Waals surface area contributed by atoms with Crippen LogP contribution in [0.2, 0.25) is 0 Å². The van der Waals surface area contributed by atoms with Crippen LogP contribution in [0, 0.1) is 13.8 Å². The first-order valence-corrected chi connectivity index (χ1v) is 5.66. The van der Waals surface area contributed by atoms with E-state index in [0.29, 0.717) is 6.54 Å². The molecule has 0 aliphatic rings. The van der Waals surface area contributed by atoms with Crippen molar-refractivity contribution in [2.75, 3.05) is 6.54 Å². The van der Waals surface area contributed by atoms with Gasteiger partial charge in [-0.25, -0.2) is 0 Å². The highest BCUT2D eigenvalue weighted by molar-refractivity contribution is 5.85. The van der Waals surface area contributed by atoms with Crippen LogP contribution in [0.3, 0.4) is 0 Å². The van der Waals surface area contributed by atoms with Crippen LogP contribution in [0.1, 0.15) is 16.8 Å². The van der Waals surface area contributed by atoms with E-state index in [0.717, 1.165) is 11.1 Å². The summed E-state index contributed by atoms with van der Waals surface area (Å²) < 4.78 is 0. The van der Waals surface area contributed by atoms with E-state index in [2.05, 4.69) is 30.2 Å². The third kappa shape index (κ3) is 2.83. The molecule has 0 aliphatic heterocycles. The van der Waals surface area contributed by atoms with Crippen LogP contribution < -0.4 is 11.1 Å². The van der Waals surface area contributed by atoms with Gasteiger partial charge in [-0.1, -0.05) is 6.07 Å². The first-order chi connectivity index (χ1) is 8.11. The number of rotatable bonds is 3. The molecular weight excluding hydrogens is 250 g/mol. The zero-order valence-corrected chi connectivity index (χ0v) is 11.4. The van der Waals surface area contributed by atoms with Crippen LogP contribution in [0.4, 0.5) is 0 Å². The number of hydrogen-bond acceptors (Lipinski definition) is 2. The highest BCUT2D eigenvalue weighted by atomic mass is 35.5. The third-order valence-corrected chi connectivity index (χ3v) is 3.05. The SMILES string of the molecule is Cc1[nH]c2ccc(CNC(=O)CN)cc2c1C.Cl. The average Bonchev–Trinajstić information content (AvgIpc) is 2.62. The fraction of sp³-hybridized carbons (Fsp3) is 0.308. The summed E-state index contributed by atoms with van der Waals surface area (Å²) >= 11 is 0. The molecule has 2 rings (SSSR count). The Kier molecular flexibility index (Phi) is 4.76. The molecule has 0 unspecified atom stereocenters. The number of benzene rings is 1. The van der Waals surface area contributed by atoms with Gasteiger partial charge in [-0.05, 0) is 37.1 Å². The van der Waals surface area contributed by atoms with Crippen LogP contribution in [0.25, 0.3) is 10.9 Å². The van der Waals surface area contributed by atoms with Crippen LogP contribution in [0.15, 0.2) is 18.2 Å². The molecule has 18 heavy (non-hydrogen) atoms. The van der Waals surface area contributed by atoms with Crippen molar-refractivity contribution in [2.45, 2.75) is 20.4 Å². The van der Waals surface area contributed by atoms with Gasteiger partial charge in [0.15, 0.2) is 0 Å². The molecule has 1 heterocycles. The number of nitrogens with two attached hydrogens (primary N) is 1. The normalized spacial score (nSPS) is 10.2. The minimum absolute atomic E-state index is 0. The minimum atomic E-state index is -0.132. The molecule has 1 aromatic heterocycles. The number of aryl methyl sites for hydroxylation is 2. The highest BCUT2D eigenvalue weighted by Gasteiger charge is 2.05. The Morgan fingerprint density at radius 1 is 1.39 bits per heavy atom. The second-order valence-corrected chi connectivity index (χ2v) is 4.24. The molecule has 0 fully saturated rings. The summed E-state index contributed by atoms with van der Waals surface area (Å²) in [7, 11) is 0. The Balaban J connectivity index is 0.00000162. The van der Waals surface area contributed by atoms with E-state index in [1.165, 1.54) is 16.6 Å². The molecule has 0 saturated carbocycles. The van der Waals surface area contributed by atoms with E-state index in [4.69, 9.17) is 5.73 Å². The molecular formula is C13H18ClN3O. The molecule has 0 atom stereocenters. The number of halogens is 1. The first-order valence-electron chi connectivity index (χ1n) is 5.66. The molecule has 0 saturated heterocycles. The number of H-pyrrole nitrogens is 1. The van der Waals surface area contributed by atoms with E-state index >= 15 is 0 Å². The fourth-order valence-corrected chi connectivity index (χ4v) is 1.89. The Morgan fingerprint density at radius 2 is 2.11 bits per heavy atom. The molecule has 98 valence electrons. The van der Waals surface area contributed by atoms with Gasteiger partial charge in [0.05, 0.1) is 6.54 Å². The maximum absolute atomic E-state index is 11.1. The maximum atomic E-state index is 11.1. The largest absolute Gasteiger partial charge is 0.358 e. The van der Waals surface area contributed by atoms with Gasteiger partial charge in [0.25, 0.3) is 0 Å².